The van der Waals surface area contributed by atoms with Gasteiger partial charge in [0.2, 0.25) is 5.91 Å². The van der Waals surface area contributed by atoms with E-state index >= 15 is 0 Å². The number of thioether (sulfide) groups is 1. The van der Waals surface area contributed by atoms with Crippen LogP contribution in [0.4, 0.5) is 5.00 Å². The molecule has 0 saturated heterocycles. The summed E-state index contributed by atoms with van der Waals surface area (Å²) < 4.78 is 6.96. The molecule has 7 nitrogen and oxygen atoms in total. The highest BCUT2D eigenvalue weighted by molar-refractivity contribution is 7.99. The lowest BCUT2D eigenvalue weighted by atomic mass is 10.0. The molecule has 1 N–H and O–H groups in total. The summed E-state index contributed by atoms with van der Waals surface area (Å²) in [6, 6.07) is 7.14. The molecular weight excluding hydrogens is 548 g/mol. The molecule has 4 aromatic rings. The first-order valence-corrected chi connectivity index (χ1v) is 14.5. The van der Waals surface area contributed by atoms with Crippen LogP contribution in [-0.2, 0) is 22.5 Å². The van der Waals surface area contributed by atoms with Crippen molar-refractivity contribution in [2.45, 2.75) is 32.0 Å². The van der Waals surface area contributed by atoms with Gasteiger partial charge in [-0.3, -0.25) is 9.36 Å². The molecule has 3 aromatic heterocycles. The van der Waals surface area contributed by atoms with E-state index in [0.29, 0.717) is 32.9 Å². The zero-order valence-corrected chi connectivity index (χ0v) is 23.7. The molecule has 0 radical (unpaired) electrons. The van der Waals surface area contributed by atoms with Crippen LogP contribution in [0.1, 0.15) is 27.7 Å². The Morgan fingerprint density at radius 2 is 1.92 bits per heavy atom. The van der Waals surface area contributed by atoms with Crippen molar-refractivity contribution >= 4 is 62.9 Å². The number of ether oxygens (including phenoxy) is 1. The third kappa shape index (κ3) is 5.82. The monoisotopic (exact) mass is 572 g/mol. The number of amides is 1. The van der Waals surface area contributed by atoms with Crippen LogP contribution in [0, 0.1) is 6.92 Å². The standard InChI is InChI=1S/C26H25ClN4O3S3/c1-5-11-31-23(20-13-35-15(3)18(20)6-2)29-30-26(31)37-14-21(32)28-24-22(25(33)34-4)19(12-36-24)16-7-9-17(27)10-8-16/h5,7-10,12-13H,1,6,11,14H2,2-4H3,(H,28,32). The van der Waals surface area contributed by atoms with Crippen LogP contribution < -0.4 is 5.32 Å². The second kappa shape index (κ2) is 12.1. The van der Waals surface area contributed by atoms with E-state index in [4.69, 9.17) is 16.3 Å². The second-order valence-corrected chi connectivity index (χ2v) is 11.3. The molecule has 37 heavy (non-hydrogen) atoms. The summed E-state index contributed by atoms with van der Waals surface area (Å²) in [5, 5.41) is 17.2. The lowest BCUT2D eigenvalue weighted by Crippen LogP contribution is -2.16. The quantitative estimate of drug-likeness (QED) is 0.125. The Balaban J connectivity index is 1.53. The maximum absolute atomic E-state index is 12.9. The number of rotatable bonds is 10. The van der Waals surface area contributed by atoms with E-state index < -0.39 is 5.97 Å². The summed E-state index contributed by atoms with van der Waals surface area (Å²) in [6.07, 6.45) is 2.69. The summed E-state index contributed by atoms with van der Waals surface area (Å²) in [5.41, 5.74) is 4.10. The van der Waals surface area contributed by atoms with Gasteiger partial charge in [0.25, 0.3) is 0 Å². The zero-order valence-electron chi connectivity index (χ0n) is 20.5. The van der Waals surface area contributed by atoms with Gasteiger partial charge in [-0.1, -0.05) is 48.5 Å². The molecule has 0 bridgehead atoms. The summed E-state index contributed by atoms with van der Waals surface area (Å²) in [4.78, 5) is 26.8. The topological polar surface area (TPSA) is 86.1 Å². The minimum Gasteiger partial charge on any atom is -0.465 e. The Labute approximate surface area is 232 Å². The first kappa shape index (κ1) is 27.1. The highest BCUT2D eigenvalue weighted by atomic mass is 35.5. The number of anilines is 1. The SMILES string of the molecule is C=CCn1c(SCC(=O)Nc2scc(-c3ccc(Cl)cc3)c2C(=O)OC)nnc1-c1csc(C)c1CC. The summed E-state index contributed by atoms with van der Waals surface area (Å²) in [5.74, 6) is 0.0630. The van der Waals surface area contributed by atoms with E-state index in [-0.39, 0.29) is 11.7 Å². The number of benzene rings is 1. The van der Waals surface area contributed by atoms with Gasteiger partial charge in [0.05, 0.1) is 12.9 Å². The average Bonchev–Trinajstić information content (AvgIpc) is 3.59. The summed E-state index contributed by atoms with van der Waals surface area (Å²) >= 11 is 10.2. The fraction of sp³-hybridized carbons (Fsp3) is 0.231. The molecular formula is C26H25ClN4O3S3. The Kier molecular flexibility index (Phi) is 8.86. The number of carbonyl (C=O) groups excluding carboxylic acids is 2. The van der Waals surface area contributed by atoms with Crippen molar-refractivity contribution in [3.63, 3.8) is 0 Å². The number of carbonyl (C=O) groups is 2. The van der Waals surface area contributed by atoms with Crippen LogP contribution in [0.2, 0.25) is 5.02 Å². The molecule has 4 rings (SSSR count). The second-order valence-electron chi connectivity index (χ2n) is 7.93. The molecule has 0 fully saturated rings. The Morgan fingerprint density at radius 1 is 1.19 bits per heavy atom. The highest BCUT2D eigenvalue weighted by Gasteiger charge is 2.23. The molecule has 0 aliphatic heterocycles. The third-order valence-corrected chi connectivity index (χ3v) is 8.72. The van der Waals surface area contributed by atoms with Gasteiger partial charge >= 0.3 is 5.97 Å². The van der Waals surface area contributed by atoms with Crippen LogP contribution in [0.5, 0.6) is 0 Å². The summed E-state index contributed by atoms with van der Waals surface area (Å²) in [6.45, 7) is 8.61. The smallest absolute Gasteiger partial charge is 0.341 e. The maximum atomic E-state index is 12.9. The predicted octanol–water partition coefficient (Wildman–Crippen LogP) is 6.96. The van der Waals surface area contributed by atoms with E-state index in [9.17, 15) is 9.59 Å². The van der Waals surface area contributed by atoms with Crippen LogP contribution in [-0.4, -0.2) is 39.5 Å². The first-order valence-electron chi connectivity index (χ1n) is 11.4. The molecule has 0 atom stereocenters. The lowest BCUT2D eigenvalue weighted by molar-refractivity contribution is -0.113. The zero-order chi connectivity index (χ0) is 26.5. The molecule has 3 heterocycles. The van der Waals surface area contributed by atoms with E-state index in [2.05, 4.69) is 41.3 Å². The van der Waals surface area contributed by atoms with Gasteiger partial charge in [-0.05, 0) is 36.6 Å². The van der Waals surface area contributed by atoms with Crippen molar-refractivity contribution in [2.75, 3.05) is 18.2 Å². The minimum absolute atomic E-state index is 0.0906. The number of halogens is 1. The van der Waals surface area contributed by atoms with Crippen molar-refractivity contribution in [1.29, 1.82) is 0 Å². The minimum atomic E-state index is -0.526. The number of methoxy groups -OCH3 is 1. The number of thiophene rings is 2. The van der Waals surface area contributed by atoms with E-state index in [1.165, 1.54) is 40.6 Å². The normalized spacial score (nSPS) is 10.9. The number of hydrogen-bond donors (Lipinski definition) is 1. The number of nitrogens with zero attached hydrogens (tertiary/aromatic N) is 3. The molecule has 11 heteroatoms. The summed E-state index contributed by atoms with van der Waals surface area (Å²) in [7, 11) is 1.32. The number of aromatic nitrogens is 3. The Hall–Kier alpha value is -2.92. The Morgan fingerprint density at radius 3 is 2.59 bits per heavy atom. The maximum Gasteiger partial charge on any atom is 0.341 e. The van der Waals surface area contributed by atoms with Crippen molar-refractivity contribution in [3.8, 4) is 22.5 Å². The number of hydrogen-bond acceptors (Lipinski definition) is 8. The molecule has 0 aliphatic rings. The molecule has 0 spiro atoms. The third-order valence-electron chi connectivity index (χ3n) is 5.65. The van der Waals surface area contributed by atoms with Gasteiger partial charge in [-0.15, -0.1) is 39.4 Å². The molecule has 1 aromatic carbocycles. The van der Waals surface area contributed by atoms with Gasteiger partial charge in [0.1, 0.15) is 10.6 Å². The van der Waals surface area contributed by atoms with Gasteiger partial charge < -0.3 is 10.1 Å². The fourth-order valence-corrected chi connectivity index (χ4v) is 6.67. The molecule has 0 aliphatic carbocycles. The van der Waals surface area contributed by atoms with E-state index in [1.807, 2.05) is 22.1 Å². The van der Waals surface area contributed by atoms with Crippen molar-refractivity contribution in [2.24, 2.45) is 0 Å². The van der Waals surface area contributed by atoms with E-state index in [0.717, 1.165) is 23.4 Å². The molecule has 0 unspecified atom stereocenters. The van der Waals surface area contributed by atoms with Crippen LogP contribution in [0.25, 0.3) is 22.5 Å². The van der Waals surface area contributed by atoms with Gasteiger partial charge in [0, 0.05) is 38.3 Å². The fourth-order valence-electron chi connectivity index (χ4n) is 3.88. The highest BCUT2D eigenvalue weighted by Crippen LogP contribution is 2.37. The number of esters is 1. The van der Waals surface area contributed by atoms with Crippen LogP contribution >= 0.6 is 46.0 Å². The number of nitrogens with one attached hydrogen (secondary N) is 1. The first-order chi connectivity index (χ1) is 17.9. The van der Waals surface area contributed by atoms with Gasteiger partial charge in [-0.25, -0.2) is 4.79 Å². The van der Waals surface area contributed by atoms with Crippen LogP contribution in [0.3, 0.4) is 0 Å². The van der Waals surface area contributed by atoms with Crippen LogP contribution in [0.15, 0.2) is 52.8 Å². The molecule has 192 valence electrons. The lowest BCUT2D eigenvalue weighted by Gasteiger charge is -2.09. The van der Waals surface area contributed by atoms with Crippen molar-refractivity contribution < 1.29 is 14.3 Å². The number of aryl methyl sites for hydroxylation is 1. The van der Waals surface area contributed by atoms with Crippen molar-refractivity contribution in [1.82, 2.24) is 14.8 Å². The largest absolute Gasteiger partial charge is 0.465 e. The average molecular weight is 573 g/mol. The van der Waals surface area contributed by atoms with Gasteiger partial charge in [0.15, 0.2) is 11.0 Å². The Bertz CT molecular complexity index is 1440. The number of allylic oxidation sites excluding steroid dienone is 1. The van der Waals surface area contributed by atoms with Crippen molar-refractivity contribution in [3.05, 3.63) is 68.7 Å². The molecule has 1 amide bonds. The predicted molar refractivity (Wildman–Crippen MR) is 153 cm³/mol. The molecule has 0 saturated carbocycles. The van der Waals surface area contributed by atoms with E-state index in [1.54, 1.807) is 29.5 Å². The van der Waals surface area contributed by atoms with Gasteiger partial charge in [-0.2, -0.15) is 0 Å².